The Bertz CT molecular complexity index is 893. The second-order valence-electron chi connectivity index (χ2n) is 6.71. The van der Waals surface area contributed by atoms with Gasteiger partial charge in [-0.1, -0.05) is 0 Å². The Morgan fingerprint density at radius 3 is 3.15 bits per heavy atom. The molecule has 1 fully saturated rings. The summed E-state index contributed by atoms with van der Waals surface area (Å²) in [6.45, 7) is 6.49. The van der Waals surface area contributed by atoms with Crippen LogP contribution < -0.4 is 10.6 Å². The molecule has 0 bridgehead atoms. The van der Waals surface area contributed by atoms with E-state index in [1.165, 1.54) is 5.56 Å². The molecule has 1 aliphatic rings. The van der Waals surface area contributed by atoms with Crippen molar-refractivity contribution < 1.29 is 4.74 Å². The van der Waals surface area contributed by atoms with Crippen LogP contribution in [0.1, 0.15) is 18.9 Å². The van der Waals surface area contributed by atoms with Gasteiger partial charge in [-0.05, 0) is 38.0 Å². The van der Waals surface area contributed by atoms with Gasteiger partial charge in [-0.15, -0.1) is 0 Å². The molecular formula is C19H24N6O. The molecule has 0 aromatic carbocycles. The number of hydrogen-bond acceptors (Lipinski definition) is 6. The lowest BCUT2D eigenvalue weighted by molar-refractivity contribution is 0.128. The maximum atomic E-state index is 5.51. The highest BCUT2D eigenvalue weighted by molar-refractivity contribution is 5.61. The molecule has 0 amide bonds. The summed E-state index contributed by atoms with van der Waals surface area (Å²) in [7, 11) is 0. The van der Waals surface area contributed by atoms with E-state index in [0.717, 1.165) is 49.0 Å². The van der Waals surface area contributed by atoms with Crippen molar-refractivity contribution in [2.75, 3.05) is 25.1 Å². The van der Waals surface area contributed by atoms with Crippen LogP contribution in [0.5, 0.6) is 0 Å². The van der Waals surface area contributed by atoms with Gasteiger partial charge in [-0.3, -0.25) is 9.38 Å². The van der Waals surface area contributed by atoms with E-state index in [1.54, 1.807) is 12.4 Å². The topological polar surface area (TPSA) is 76.4 Å². The van der Waals surface area contributed by atoms with Crippen LogP contribution in [-0.2, 0) is 4.74 Å². The number of nitrogens with one attached hydrogen (secondary N) is 2. The number of aryl methyl sites for hydroxylation is 1. The van der Waals surface area contributed by atoms with E-state index in [-0.39, 0.29) is 0 Å². The van der Waals surface area contributed by atoms with Gasteiger partial charge in [0.25, 0.3) is 0 Å². The fourth-order valence-electron chi connectivity index (χ4n) is 3.36. The Morgan fingerprint density at radius 1 is 1.35 bits per heavy atom. The molecule has 1 saturated heterocycles. The number of ether oxygens (including phenoxy) is 1. The number of hydrogen-bond donors (Lipinski definition) is 2. The van der Waals surface area contributed by atoms with Gasteiger partial charge in [0.1, 0.15) is 17.2 Å². The molecule has 2 N–H and O–H groups in total. The largest absolute Gasteiger partial charge is 0.380 e. The summed E-state index contributed by atoms with van der Waals surface area (Å²) in [6.07, 6.45) is 8.43. The Balaban J connectivity index is 1.50. The minimum atomic E-state index is 0.329. The summed E-state index contributed by atoms with van der Waals surface area (Å²) >= 11 is 0. The van der Waals surface area contributed by atoms with E-state index in [4.69, 9.17) is 9.72 Å². The molecule has 136 valence electrons. The Labute approximate surface area is 152 Å². The normalized spacial score (nSPS) is 19.9. The summed E-state index contributed by atoms with van der Waals surface area (Å²) in [5.74, 6) is 0.786. The van der Waals surface area contributed by atoms with Gasteiger partial charge in [-0.2, -0.15) is 0 Å². The predicted molar refractivity (Wildman–Crippen MR) is 101 cm³/mol. The van der Waals surface area contributed by atoms with Crippen LogP contribution in [-0.4, -0.2) is 51.2 Å². The number of fused-ring (bicyclic) bond motifs is 1. The van der Waals surface area contributed by atoms with Crippen molar-refractivity contribution in [3.8, 4) is 11.4 Å². The minimum Gasteiger partial charge on any atom is -0.380 e. The third kappa shape index (κ3) is 3.54. The average molecular weight is 352 g/mol. The maximum Gasteiger partial charge on any atom is 0.145 e. The molecule has 4 rings (SSSR count). The van der Waals surface area contributed by atoms with E-state index in [9.17, 15) is 0 Å². The average Bonchev–Trinajstić information content (AvgIpc) is 3.26. The molecule has 4 heterocycles. The highest BCUT2D eigenvalue weighted by Gasteiger charge is 2.24. The van der Waals surface area contributed by atoms with E-state index in [2.05, 4.69) is 39.7 Å². The third-order valence-electron chi connectivity index (χ3n) is 4.66. The van der Waals surface area contributed by atoms with Crippen LogP contribution >= 0.6 is 0 Å². The van der Waals surface area contributed by atoms with Crippen molar-refractivity contribution >= 4 is 11.5 Å². The first-order valence-corrected chi connectivity index (χ1v) is 9.06. The Hall–Kier alpha value is -2.51. The van der Waals surface area contributed by atoms with Gasteiger partial charge in [0.15, 0.2) is 0 Å². The fraction of sp³-hybridized carbons (Fsp3) is 0.421. The molecule has 2 atom stereocenters. The minimum absolute atomic E-state index is 0.329. The van der Waals surface area contributed by atoms with Crippen molar-refractivity contribution in [3.63, 3.8) is 0 Å². The molecular weight excluding hydrogens is 328 g/mol. The molecule has 0 aliphatic carbocycles. The molecule has 2 unspecified atom stereocenters. The highest BCUT2D eigenvalue weighted by atomic mass is 16.5. The lowest BCUT2D eigenvalue weighted by Crippen LogP contribution is -2.26. The number of anilines is 1. The molecule has 7 nitrogen and oxygen atoms in total. The summed E-state index contributed by atoms with van der Waals surface area (Å²) < 4.78 is 7.54. The lowest BCUT2D eigenvalue weighted by atomic mass is 10.2. The first-order valence-electron chi connectivity index (χ1n) is 9.06. The van der Waals surface area contributed by atoms with Crippen LogP contribution in [0, 0.1) is 6.92 Å². The van der Waals surface area contributed by atoms with Crippen LogP contribution in [0.4, 0.5) is 5.82 Å². The number of pyridine rings is 1. The first-order chi connectivity index (χ1) is 12.7. The standard InChI is InChI=1S/C19H24N6O/c1-3-26-12-15-7-14(8-21-15)23-18-11-20-9-16(24-18)17-10-22-19-6-13(2)4-5-25(17)19/h4-6,9-11,14-15,21H,3,7-8,12H2,1-2H3,(H,23,24). The van der Waals surface area contributed by atoms with Crippen LogP contribution in [0.2, 0.25) is 0 Å². The third-order valence-corrected chi connectivity index (χ3v) is 4.66. The number of rotatable bonds is 6. The van der Waals surface area contributed by atoms with Gasteiger partial charge in [-0.25, -0.2) is 9.97 Å². The summed E-state index contributed by atoms with van der Waals surface area (Å²) in [5, 5.41) is 6.97. The molecule has 3 aromatic rings. The molecule has 0 radical (unpaired) electrons. The summed E-state index contributed by atoms with van der Waals surface area (Å²) in [4.78, 5) is 13.6. The summed E-state index contributed by atoms with van der Waals surface area (Å²) in [5.41, 5.74) is 3.85. The van der Waals surface area contributed by atoms with Crippen molar-refractivity contribution in [3.05, 3.63) is 42.5 Å². The zero-order valence-electron chi connectivity index (χ0n) is 15.1. The molecule has 26 heavy (non-hydrogen) atoms. The van der Waals surface area contributed by atoms with E-state index < -0.39 is 0 Å². The van der Waals surface area contributed by atoms with E-state index >= 15 is 0 Å². The van der Waals surface area contributed by atoms with E-state index in [1.807, 2.05) is 23.7 Å². The van der Waals surface area contributed by atoms with Gasteiger partial charge in [0.2, 0.25) is 0 Å². The Morgan fingerprint density at radius 2 is 2.27 bits per heavy atom. The van der Waals surface area contributed by atoms with Gasteiger partial charge in [0, 0.05) is 31.4 Å². The quantitative estimate of drug-likeness (QED) is 0.709. The number of aromatic nitrogens is 4. The SMILES string of the molecule is CCOCC1CC(Nc2cncc(-c3cnc4cc(C)ccn34)n2)CN1. The smallest absolute Gasteiger partial charge is 0.145 e. The van der Waals surface area contributed by atoms with Gasteiger partial charge in [0.05, 0.1) is 30.9 Å². The van der Waals surface area contributed by atoms with Crippen LogP contribution in [0.25, 0.3) is 17.0 Å². The predicted octanol–water partition coefficient (Wildman–Crippen LogP) is 2.28. The molecule has 3 aromatic heterocycles. The number of nitrogens with zero attached hydrogens (tertiary/aromatic N) is 4. The summed E-state index contributed by atoms with van der Waals surface area (Å²) in [6, 6.07) is 4.85. The van der Waals surface area contributed by atoms with Crippen LogP contribution in [0.3, 0.4) is 0 Å². The van der Waals surface area contributed by atoms with Crippen molar-refractivity contribution in [1.29, 1.82) is 0 Å². The van der Waals surface area contributed by atoms with Crippen molar-refractivity contribution in [2.24, 2.45) is 0 Å². The molecule has 7 heteroatoms. The molecule has 0 spiro atoms. The van der Waals surface area contributed by atoms with Crippen molar-refractivity contribution in [1.82, 2.24) is 24.7 Å². The second kappa shape index (κ2) is 7.39. The van der Waals surface area contributed by atoms with E-state index in [0.29, 0.717) is 12.1 Å². The maximum absolute atomic E-state index is 5.51. The molecule has 1 aliphatic heterocycles. The fourth-order valence-corrected chi connectivity index (χ4v) is 3.36. The Kier molecular flexibility index (Phi) is 4.81. The monoisotopic (exact) mass is 352 g/mol. The zero-order chi connectivity index (χ0) is 17.9. The number of imidazole rings is 1. The first kappa shape index (κ1) is 16.9. The second-order valence-corrected chi connectivity index (χ2v) is 6.71. The van der Waals surface area contributed by atoms with Gasteiger partial charge >= 0.3 is 0 Å². The molecule has 0 saturated carbocycles. The van der Waals surface area contributed by atoms with Crippen LogP contribution in [0.15, 0.2) is 36.9 Å². The lowest BCUT2D eigenvalue weighted by Gasteiger charge is -2.13. The van der Waals surface area contributed by atoms with Gasteiger partial charge < -0.3 is 15.4 Å². The zero-order valence-corrected chi connectivity index (χ0v) is 15.1. The highest BCUT2D eigenvalue weighted by Crippen LogP contribution is 2.21. The van der Waals surface area contributed by atoms with Crippen molar-refractivity contribution in [2.45, 2.75) is 32.4 Å².